The van der Waals surface area contributed by atoms with Gasteiger partial charge in [0.25, 0.3) is 5.91 Å². The van der Waals surface area contributed by atoms with Gasteiger partial charge in [0.05, 0.1) is 22.6 Å². The molecule has 0 saturated heterocycles. The normalized spacial score (nSPS) is 11.1. The Balaban J connectivity index is 1.62. The summed E-state index contributed by atoms with van der Waals surface area (Å²) in [5.41, 5.74) is -0.0342. The van der Waals surface area contributed by atoms with Crippen LogP contribution in [0.25, 0.3) is 0 Å². The van der Waals surface area contributed by atoms with Gasteiger partial charge in [-0.05, 0) is 36.4 Å². The quantitative estimate of drug-likeness (QED) is 0.392. The molecule has 1 heterocycles. The molecule has 0 spiro atoms. The lowest BCUT2D eigenvalue weighted by Crippen LogP contribution is -2.24. The van der Waals surface area contributed by atoms with Gasteiger partial charge in [-0.3, -0.25) is 14.9 Å². The maximum Gasteiger partial charge on any atom is 0.310 e. The summed E-state index contributed by atoms with van der Waals surface area (Å²) in [5.74, 6) is -0.197. The number of hydrogen-bond donors (Lipinski definition) is 2. The van der Waals surface area contributed by atoms with E-state index in [0.29, 0.717) is 5.76 Å². The highest BCUT2D eigenvalue weighted by Gasteiger charge is 2.17. The minimum atomic E-state index is -3.83. The van der Waals surface area contributed by atoms with Crippen LogP contribution in [0.4, 0.5) is 11.4 Å². The molecule has 11 heteroatoms. The summed E-state index contributed by atoms with van der Waals surface area (Å²) in [6.45, 7) is -0.506. The van der Waals surface area contributed by atoms with Gasteiger partial charge in [-0.2, -0.15) is 0 Å². The zero-order chi connectivity index (χ0) is 21.6. The molecule has 3 rings (SSSR count). The third-order valence-corrected chi connectivity index (χ3v) is 5.26. The smallest absolute Gasteiger partial charge is 0.310 e. The molecule has 1 aromatic heterocycles. The first-order valence-corrected chi connectivity index (χ1v) is 10.1. The zero-order valence-electron chi connectivity index (χ0n) is 15.5. The van der Waals surface area contributed by atoms with E-state index in [0.717, 1.165) is 0 Å². The number of amides is 1. The van der Waals surface area contributed by atoms with Crippen LogP contribution in [0.5, 0.6) is 5.75 Å². The maximum absolute atomic E-state index is 12.4. The van der Waals surface area contributed by atoms with Crippen molar-refractivity contribution in [1.82, 2.24) is 4.72 Å². The van der Waals surface area contributed by atoms with Gasteiger partial charge in [0.2, 0.25) is 10.0 Å². The largest absolute Gasteiger partial charge is 0.477 e. The number of rotatable bonds is 9. The summed E-state index contributed by atoms with van der Waals surface area (Å²) in [5, 5.41) is 13.5. The minimum Gasteiger partial charge on any atom is -0.477 e. The van der Waals surface area contributed by atoms with Gasteiger partial charge in [0, 0.05) is 11.8 Å². The van der Waals surface area contributed by atoms with Crippen molar-refractivity contribution in [2.75, 3.05) is 11.9 Å². The van der Waals surface area contributed by atoms with Gasteiger partial charge in [-0.25, -0.2) is 13.1 Å². The summed E-state index contributed by atoms with van der Waals surface area (Å²) in [6, 6.07) is 14.6. The number of nitrogens with zero attached hydrogens (tertiary/aromatic N) is 1. The number of carbonyl (C=O) groups is 1. The number of hydrogen-bond acceptors (Lipinski definition) is 7. The number of furan rings is 1. The molecule has 2 aromatic carbocycles. The van der Waals surface area contributed by atoms with Crippen LogP contribution in [0, 0.1) is 10.1 Å². The second-order valence-corrected chi connectivity index (χ2v) is 7.76. The predicted octanol–water partition coefficient (Wildman–Crippen LogP) is 2.68. The Morgan fingerprint density at radius 1 is 1.10 bits per heavy atom. The fourth-order valence-electron chi connectivity index (χ4n) is 2.47. The highest BCUT2D eigenvalue weighted by molar-refractivity contribution is 7.89. The monoisotopic (exact) mass is 431 g/mol. The lowest BCUT2D eigenvalue weighted by atomic mass is 10.3. The molecule has 0 aliphatic heterocycles. The first-order chi connectivity index (χ1) is 14.3. The molecule has 0 atom stereocenters. The Morgan fingerprint density at radius 2 is 1.90 bits per heavy atom. The molecule has 0 radical (unpaired) electrons. The molecular formula is C19H17N3O7S. The van der Waals surface area contributed by atoms with Crippen LogP contribution in [0.1, 0.15) is 5.76 Å². The van der Waals surface area contributed by atoms with E-state index in [2.05, 4.69) is 10.0 Å². The number of ether oxygens (including phenoxy) is 1. The molecule has 1 amide bonds. The average Bonchev–Trinajstić information content (AvgIpc) is 3.25. The number of para-hydroxylation sites is 2. The Kier molecular flexibility index (Phi) is 6.45. The number of nitro groups is 1. The second-order valence-electron chi connectivity index (χ2n) is 5.99. The van der Waals surface area contributed by atoms with Gasteiger partial charge in [-0.15, -0.1) is 0 Å². The predicted molar refractivity (Wildman–Crippen MR) is 106 cm³/mol. The van der Waals surface area contributed by atoms with Crippen molar-refractivity contribution >= 4 is 27.3 Å². The number of benzene rings is 2. The van der Waals surface area contributed by atoms with E-state index in [4.69, 9.17) is 9.15 Å². The first kappa shape index (κ1) is 21.0. The third kappa shape index (κ3) is 5.43. The Morgan fingerprint density at radius 3 is 2.63 bits per heavy atom. The number of anilines is 1. The van der Waals surface area contributed by atoms with Crippen molar-refractivity contribution in [1.29, 1.82) is 0 Å². The number of nitro benzene ring substituents is 1. The van der Waals surface area contributed by atoms with E-state index in [1.165, 1.54) is 48.7 Å². The van der Waals surface area contributed by atoms with Crippen LogP contribution in [-0.2, 0) is 21.4 Å². The maximum atomic E-state index is 12.4. The topological polar surface area (TPSA) is 141 Å². The molecule has 0 fully saturated rings. The molecule has 0 aliphatic carbocycles. The fourth-order valence-corrected chi connectivity index (χ4v) is 3.51. The van der Waals surface area contributed by atoms with Crippen LogP contribution >= 0.6 is 0 Å². The first-order valence-electron chi connectivity index (χ1n) is 8.63. The third-order valence-electron chi connectivity index (χ3n) is 3.87. The van der Waals surface area contributed by atoms with Gasteiger partial charge >= 0.3 is 5.69 Å². The molecule has 0 unspecified atom stereocenters. The van der Waals surface area contributed by atoms with Crippen LogP contribution in [0.15, 0.2) is 76.2 Å². The van der Waals surface area contributed by atoms with Gasteiger partial charge < -0.3 is 14.5 Å². The van der Waals surface area contributed by atoms with E-state index < -0.39 is 27.5 Å². The van der Waals surface area contributed by atoms with E-state index in [-0.39, 0.29) is 28.6 Å². The molecule has 2 N–H and O–H groups in total. The molecule has 30 heavy (non-hydrogen) atoms. The standard InChI is InChI=1S/C19H17N3O7S/c23-19(13-29-18-9-2-1-8-17(18)22(24)25)21-14-5-3-7-16(11-14)30(26,27)20-12-15-6-4-10-28-15/h1-11,20H,12-13H2,(H,21,23). The van der Waals surface area contributed by atoms with Crippen LogP contribution in [0.2, 0.25) is 0 Å². The van der Waals surface area contributed by atoms with Gasteiger partial charge in [-0.1, -0.05) is 18.2 Å². The zero-order valence-corrected chi connectivity index (χ0v) is 16.3. The van der Waals surface area contributed by atoms with E-state index in [1.54, 1.807) is 18.2 Å². The van der Waals surface area contributed by atoms with E-state index in [1.807, 2.05) is 0 Å². The van der Waals surface area contributed by atoms with Crippen molar-refractivity contribution in [3.8, 4) is 5.75 Å². The highest BCUT2D eigenvalue weighted by Crippen LogP contribution is 2.25. The SMILES string of the molecule is O=C(COc1ccccc1[N+](=O)[O-])Nc1cccc(S(=O)(=O)NCc2ccco2)c1. The number of sulfonamides is 1. The molecule has 3 aromatic rings. The Labute approximate surface area is 171 Å². The summed E-state index contributed by atoms with van der Waals surface area (Å²) >= 11 is 0. The molecule has 0 aliphatic rings. The van der Waals surface area contributed by atoms with E-state index >= 15 is 0 Å². The van der Waals surface area contributed by atoms with Crippen molar-refractivity contribution < 1.29 is 27.3 Å². The summed E-state index contributed by atoms with van der Waals surface area (Å²) < 4.78 is 37.5. The van der Waals surface area contributed by atoms with Crippen molar-refractivity contribution in [2.24, 2.45) is 0 Å². The lowest BCUT2D eigenvalue weighted by molar-refractivity contribution is -0.385. The van der Waals surface area contributed by atoms with Crippen molar-refractivity contribution in [3.05, 3.63) is 82.8 Å². The molecule has 0 saturated carbocycles. The summed E-state index contributed by atoms with van der Waals surface area (Å²) in [4.78, 5) is 22.4. The van der Waals surface area contributed by atoms with Gasteiger partial charge in [0.1, 0.15) is 5.76 Å². The Bertz CT molecular complexity index is 1140. The summed E-state index contributed by atoms with van der Waals surface area (Å²) in [6.07, 6.45) is 1.44. The van der Waals surface area contributed by atoms with Crippen LogP contribution in [-0.4, -0.2) is 25.9 Å². The lowest BCUT2D eigenvalue weighted by Gasteiger charge is -2.10. The van der Waals surface area contributed by atoms with Gasteiger partial charge in [0.15, 0.2) is 12.4 Å². The molecule has 10 nitrogen and oxygen atoms in total. The van der Waals surface area contributed by atoms with Crippen molar-refractivity contribution in [3.63, 3.8) is 0 Å². The average molecular weight is 431 g/mol. The Hall–Kier alpha value is -3.70. The molecular weight excluding hydrogens is 414 g/mol. The second kappa shape index (κ2) is 9.20. The fraction of sp³-hybridized carbons (Fsp3) is 0.105. The highest BCUT2D eigenvalue weighted by atomic mass is 32.2. The van der Waals surface area contributed by atoms with E-state index in [9.17, 15) is 23.3 Å². The van der Waals surface area contributed by atoms with Crippen LogP contribution < -0.4 is 14.8 Å². The molecule has 0 bridgehead atoms. The summed E-state index contributed by atoms with van der Waals surface area (Å²) in [7, 11) is -3.83. The minimum absolute atomic E-state index is 0.0182. The number of nitrogens with one attached hydrogen (secondary N) is 2. The van der Waals surface area contributed by atoms with Crippen LogP contribution in [0.3, 0.4) is 0 Å². The molecule has 156 valence electrons. The number of carbonyl (C=O) groups excluding carboxylic acids is 1. The van der Waals surface area contributed by atoms with Crippen molar-refractivity contribution in [2.45, 2.75) is 11.4 Å².